The molecule has 4 nitrogen and oxygen atoms in total. The molecule has 20 heavy (non-hydrogen) atoms. The summed E-state index contributed by atoms with van der Waals surface area (Å²) in [6.45, 7) is 1.11. The van der Waals surface area contributed by atoms with Crippen LogP contribution in [0.5, 0.6) is 5.75 Å². The summed E-state index contributed by atoms with van der Waals surface area (Å²) >= 11 is 0. The van der Waals surface area contributed by atoms with E-state index in [4.69, 9.17) is 15.2 Å². The Labute approximate surface area is 119 Å². The number of aromatic nitrogens is 1. The quantitative estimate of drug-likeness (QED) is 0.840. The molecule has 0 bridgehead atoms. The lowest BCUT2D eigenvalue weighted by atomic mass is 10.1. The topological polar surface area (TPSA) is 57.4 Å². The van der Waals surface area contributed by atoms with E-state index in [0.717, 1.165) is 24.5 Å². The lowest BCUT2D eigenvalue weighted by Gasteiger charge is -2.17. The summed E-state index contributed by atoms with van der Waals surface area (Å²) in [4.78, 5) is 4.28. The van der Waals surface area contributed by atoms with Gasteiger partial charge in [-0.15, -0.1) is 0 Å². The fourth-order valence-corrected chi connectivity index (χ4v) is 1.91. The van der Waals surface area contributed by atoms with Gasteiger partial charge in [0.1, 0.15) is 5.75 Å². The second kappa shape index (κ2) is 7.62. The predicted molar refractivity (Wildman–Crippen MR) is 78.7 cm³/mol. The summed E-state index contributed by atoms with van der Waals surface area (Å²) in [6.07, 6.45) is 2.42. The van der Waals surface area contributed by atoms with Gasteiger partial charge in [0.15, 0.2) is 6.10 Å². The molecule has 0 fully saturated rings. The van der Waals surface area contributed by atoms with E-state index in [2.05, 4.69) is 4.98 Å². The van der Waals surface area contributed by atoms with Crippen molar-refractivity contribution >= 4 is 0 Å². The average molecular weight is 272 g/mol. The number of pyridine rings is 1. The van der Waals surface area contributed by atoms with Crippen LogP contribution in [0.3, 0.4) is 0 Å². The summed E-state index contributed by atoms with van der Waals surface area (Å²) in [5.74, 6) is 0.798. The van der Waals surface area contributed by atoms with Crippen LogP contribution in [0.2, 0.25) is 0 Å². The van der Waals surface area contributed by atoms with E-state index in [0.29, 0.717) is 6.54 Å². The maximum Gasteiger partial charge on any atom is 0.153 e. The minimum atomic E-state index is -0.221. The van der Waals surface area contributed by atoms with Gasteiger partial charge in [0.2, 0.25) is 0 Å². The molecule has 0 aliphatic heterocycles. The first-order valence-corrected chi connectivity index (χ1v) is 6.69. The molecule has 2 N–H and O–H groups in total. The SMILES string of the molecule is COCCc1ccc(OC(CN)c2ccccn2)cc1. The predicted octanol–water partition coefficient (Wildman–Crippen LogP) is 2.35. The van der Waals surface area contributed by atoms with Crippen molar-refractivity contribution in [3.8, 4) is 5.75 Å². The Morgan fingerprint density at radius 1 is 1.15 bits per heavy atom. The molecule has 0 aliphatic carbocycles. The molecule has 0 saturated carbocycles. The van der Waals surface area contributed by atoms with Crippen molar-refractivity contribution in [1.82, 2.24) is 4.98 Å². The first kappa shape index (κ1) is 14.5. The van der Waals surface area contributed by atoms with Crippen LogP contribution in [0.4, 0.5) is 0 Å². The van der Waals surface area contributed by atoms with Gasteiger partial charge in [0, 0.05) is 19.9 Å². The molecule has 106 valence electrons. The Morgan fingerprint density at radius 2 is 1.95 bits per heavy atom. The van der Waals surface area contributed by atoms with Gasteiger partial charge in [0.05, 0.1) is 12.3 Å². The smallest absolute Gasteiger partial charge is 0.153 e. The van der Waals surface area contributed by atoms with E-state index in [9.17, 15) is 0 Å². The van der Waals surface area contributed by atoms with Crippen LogP contribution < -0.4 is 10.5 Å². The minimum Gasteiger partial charge on any atom is -0.483 e. The summed E-state index contributed by atoms with van der Waals surface area (Å²) in [6, 6.07) is 13.7. The first-order valence-electron chi connectivity index (χ1n) is 6.69. The number of hydrogen-bond acceptors (Lipinski definition) is 4. The maximum absolute atomic E-state index is 5.89. The van der Waals surface area contributed by atoms with E-state index < -0.39 is 0 Å². The van der Waals surface area contributed by atoms with E-state index in [1.165, 1.54) is 5.56 Å². The van der Waals surface area contributed by atoms with Crippen LogP contribution in [0.25, 0.3) is 0 Å². The van der Waals surface area contributed by atoms with Gasteiger partial charge in [0.25, 0.3) is 0 Å². The highest BCUT2D eigenvalue weighted by atomic mass is 16.5. The van der Waals surface area contributed by atoms with Crippen LogP contribution in [0.15, 0.2) is 48.7 Å². The van der Waals surface area contributed by atoms with Crippen molar-refractivity contribution in [2.24, 2.45) is 5.73 Å². The summed E-state index contributed by atoms with van der Waals surface area (Å²) in [7, 11) is 1.70. The van der Waals surface area contributed by atoms with Gasteiger partial charge < -0.3 is 15.2 Å². The van der Waals surface area contributed by atoms with Crippen LogP contribution >= 0.6 is 0 Å². The molecule has 0 aliphatic rings. The van der Waals surface area contributed by atoms with Crippen molar-refractivity contribution in [1.29, 1.82) is 0 Å². The summed E-state index contributed by atoms with van der Waals surface area (Å²) < 4.78 is 11.0. The third-order valence-corrected chi connectivity index (χ3v) is 3.03. The molecular formula is C16H20N2O2. The van der Waals surface area contributed by atoms with Crippen LogP contribution in [-0.4, -0.2) is 25.2 Å². The Hall–Kier alpha value is -1.91. The van der Waals surface area contributed by atoms with Gasteiger partial charge in [-0.1, -0.05) is 18.2 Å². The van der Waals surface area contributed by atoms with Crippen molar-refractivity contribution in [2.45, 2.75) is 12.5 Å². The monoisotopic (exact) mass is 272 g/mol. The summed E-state index contributed by atoms with van der Waals surface area (Å²) in [5, 5.41) is 0. The lowest BCUT2D eigenvalue weighted by molar-refractivity contribution is 0.201. The average Bonchev–Trinajstić information content (AvgIpc) is 2.52. The van der Waals surface area contributed by atoms with Crippen molar-refractivity contribution in [2.75, 3.05) is 20.3 Å². The van der Waals surface area contributed by atoms with Gasteiger partial charge in [-0.05, 0) is 36.2 Å². The highest BCUT2D eigenvalue weighted by Gasteiger charge is 2.12. The molecule has 0 spiro atoms. The van der Waals surface area contributed by atoms with E-state index in [1.807, 2.05) is 42.5 Å². The molecule has 1 heterocycles. The molecule has 0 saturated heterocycles. The first-order chi connectivity index (χ1) is 9.83. The highest BCUT2D eigenvalue weighted by molar-refractivity contribution is 5.28. The van der Waals surface area contributed by atoms with Gasteiger partial charge >= 0.3 is 0 Å². The lowest BCUT2D eigenvalue weighted by Crippen LogP contribution is -2.19. The zero-order valence-corrected chi connectivity index (χ0v) is 11.7. The molecule has 2 aromatic rings. The number of nitrogens with zero attached hydrogens (tertiary/aromatic N) is 1. The normalized spacial score (nSPS) is 12.1. The number of rotatable bonds is 7. The summed E-state index contributed by atoms with van der Waals surface area (Å²) in [5.41, 5.74) is 7.84. The molecule has 0 amide bonds. The standard InChI is InChI=1S/C16H20N2O2/c1-19-11-9-13-5-7-14(8-6-13)20-16(12-17)15-4-2-3-10-18-15/h2-8,10,16H,9,11-12,17H2,1H3. The second-order valence-electron chi connectivity index (χ2n) is 4.48. The van der Waals surface area contributed by atoms with Crippen LogP contribution in [0.1, 0.15) is 17.4 Å². The zero-order valence-electron chi connectivity index (χ0n) is 11.7. The largest absolute Gasteiger partial charge is 0.483 e. The molecule has 0 radical (unpaired) electrons. The van der Waals surface area contributed by atoms with E-state index in [-0.39, 0.29) is 6.10 Å². The number of nitrogens with two attached hydrogens (primary N) is 1. The molecule has 1 aromatic heterocycles. The van der Waals surface area contributed by atoms with Crippen molar-refractivity contribution in [3.05, 3.63) is 59.9 Å². The maximum atomic E-state index is 5.89. The van der Waals surface area contributed by atoms with Crippen molar-refractivity contribution < 1.29 is 9.47 Å². The molecular weight excluding hydrogens is 252 g/mol. The number of ether oxygens (including phenoxy) is 2. The second-order valence-corrected chi connectivity index (χ2v) is 4.48. The van der Waals surface area contributed by atoms with E-state index >= 15 is 0 Å². The third-order valence-electron chi connectivity index (χ3n) is 3.03. The number of benzene rings is 1. The number of methoxy groups -OCH3 is 1. The third kappa shape index (κ3) is 4.05. The van der Waals surface area contributed by atoms with Crippen molar-refractivity contribution in [3.63, 3.8) is 0 Å². The Bertz CT molecular complexity index is 500. The van der Waals surface area contributed by atoms with Crippen LogP contribution in [-0.2, 0) is 11.2 Å². The van der Waals surface area contributed by atoms with Gasteiger partial charge in [-0.2, -0.15) is 0 Å². The Balaban J connectivity index is 2.01. The van der Waals surface area contributed by atoms with E-state index in [1.54, 1.807) is 13.3 Å². The Morgan fingerprint density at radius 3 is 2.55 bits per heavy atom. The number of hydrogen-bond donors (Lipinski definition) is 1. The Kier molecular flexibility index (Phi) is 5.53. The molecule has 1 aromatic carbocycles. The molecule has 1 atom stereocenters. The fraction of sp³-hybridized carbons (Fsp3) is 0.312. The molecule has 2 rings (SSSR count). The highest BCUT2D eigenvalue weighted by Crippen LogP contribution is 2.20. The van der Waals surface area contributed by atoms with Crippen LogP contribution in [0, 0.1) is 0 Å². The minimum absolute atomic E-state index is 0.221. The molecule has 1 unspecified atom stereocenters. The zero-order chi connectivity index (χ0) is 14.2. The fourth-order valence-electron chi connectivity index (χ4n) is 1.91. The van der Waals surface area contributed by atoms with Gasteiger partial charge in [-0.25, -0.2) is 0 Å². The van der Waals surface area contributed by atoms with Gasteiger partial charge in [-0.3, -0.25) is 4.98 Å². The molecule has 4 heteroatoms.